The summed E-state index contributed by atoms with van der Waals surface area (Å²) in [5.41, 5.74) is 0. The fourth-order valence-electron chi connectivity index (χ4n) is 4.16. The number of rotatable bonds is 19. The normalized spacial score (nSPS) is 18.2. The number of esters is 2. The highest BCUT2D eigenvalue weighted by atomic mass is 32.9. The number of aliphatic hydroxyl groups excluding tert-OH is 1. The molecule has 0 aliphatic heterocycles. The summed E-state index contributed by atoms with van der Waals surface area (Å²) < 4.78 is 48.6. The number of hydrogen-bond acceptors (Lipinski definition) is 11. The van der Waals surface area contributed by atoms with Crippen molar-refractivity contribution in [2.75, 3.05) is 26.0 Å². The molecule has 0 spiro atoms. The zero-order valence-corrected chi connectivity index (χ0v) is 33.0. The van der Waals surface area contributed by atoms with E-state index in [4.69, 9.17) is 42.2 Å². The van der Waals surface area contributed by atoms with Gasteiger partial charge >= 0.3 is 29.1 Å². The highest BCUT2D eigenvalue weighted by molar-refractivity contribution is 8.32. The van der Waals surface area contributed by atoms with Crippen LogP contribution < -0.4 is 0 Å². The summed E-state index contributed by atoms with van der Waals surface area (Å²) in [6.07, 6.45) is 0.205. The molecule has 230 valence electrons. The first kappa shape index (κ1) is 39.4. The molecule has 6 atom stereocenters. The third kappa shape index (κ3) is 18.5. The van der Waals surface area contributed by atoms with Gasteiger partial charge in [-0.3, -0.25) is 14.2 Å². The van der Waals surface area contributed by atoms with Gasteiger partial charge in [-0.15, -0.1) is 0 Å². The quantitative estimate of drug-likeness (QED) is 0.118. The van der Waals surface area contributed by atoms with Gasteiger partial charge in [0.15, 0.2) is 23.2 Å². The third-order valence-corrected chi connectivity index (χ3v) is 26.1. The van der Waals surface area contributed by atoms with Gasteiger partial charge in [-0.25, -0.2) is 0 Å². The summed E-state index contributed by atoms with van der Waals surface area (Å²) in [6, 6.07) is 0.643. The number of aliphatic hydroxyl groups is 1. The van der Waals surface area contributed by atoms with E-state index in [9.17, 15) is 14.2 Å². The van der Waals surface area contributed by atoms with Crippen LogP contribution >= 0.6 is 6.58 Å². The lowest BCUT2D eigenvalue weighted by atomic mass is 10.2. The van der Waals surface area contributed by atoms with Crippen LogP contribution in [0.5, 0.6) is 0 Å². The Morgan fingerprint density at radius 2 is 1.33 bits per heavy atom. The summed E-state index contributed by atoms with van der Waals surface area (Å²) in [6.45, 7) is 19.9. The van der Waals surface area contributed by atoms with E-state index in [2.05, 4.69) is 39.3 Å². The Morgan fingerprint density at radius 1 is 0.846 bits per heavy atom. The average molecular weight is 697 g/mol. The van der Waals surface area contributed by atoms with Gasteiger partial charge in [0.05, 0.1) is 24.6 Å². The fraction of sp³-hybridized carbons (Fsp3) is 0.905. The molecule has 0 saturated heterocycles. The number of ether oxygens (including phenoxy) is 2. The largest absolute Gasteiger partial charge is 0.465 e. The van der Waals surface area contributed by atoms with Crippen LogP contribution in [0.2, 0.25) is 71.0 Å². The lowest BCUT2D eigenvalue weighted by Gasteiger charge is -2.43. The molecule has 39 heavy (non-hydrogen) atoms. The van der Waals surface area contributed by atoms with E-state index in [1.54, 1.807) is 13.8 Å². The highest BCUT2D eigenvalue weighted by Gasteiger charge is 2.49. The molecule has 1 N–H and O–H groups in total. The van der Waals surface area contributed by atoms with Crippen LogP contribution in [0.3, 0.4) is 0 Å². The van der Waals surface area contributed by atoms with E-state index in [1.807, 2.05) is 19.6 Å². The third-order valence-electron chi connectivity index (χ3n) is 4.98. The summed E-state index contributed by atoms with van der Waals surface area (Å²) in [5.74, 6) is -1.90. The summed E-state index contributed by atoms with van der Waals surface area (Å²) >= 11 is 4.72. The topological polar surface area (TPSA) is 127 Å². The molecular weight excluding hydrogens is 648 g/mol. The molecule has 0 aromatic carbocycles. The monoisotopic (exact) mass is 696 g/mol. The Morgan fingerprint density at radius 3 is 1.77 bits per heavy atom. The lowest BCUT2D eigenvalue weighted by molar-refractivity contribution is -0.148. The van der Waals surface area contributed by atoms with E-state index < -0.39 is 73.4 Å². The van der Waals surface area contributed by atoms with Crippen LogP contribution in [-0.2, 0) is 60.8 Å². The van der Waals surface area contributed by atoms with Crippen molar-refractivity contribution in [3.05, 3.63) is 0 Å². The van der Waals surface area contributed by atoms with Crippen molar-refractivity contribution in [3.8, 4) is 0 Å². The highest BCUT2D eigenvalue weighted by Crippen LogP contribution is 2.32. The maximum Gasteiger partial charge on any atom is 0.318 e. The molecule has 0 aliphatic carbocycles. The van der Waals surface area contributed by atoms with Crippen LogP contribution in [-0.4, -0.2) is 86.1 Å². The molecule has 18 heteroatoms. The minimum absolute atomic E-state index is 0.0323. The molecule has 6 unspecified atom stereocenters. The SMILES string of the molecule is CC(C[Si](C)(O[SiH](C)O[Si](C)(C)C)O[Si](C)(CC(C)C(=O)OCCO)O[Si](C)(C)C)C(=O)OCCP(=O)=S=S. The van der Waals surface area contributed by atoms with Crippen molar-refractivity contribution >= 4 is 82.2 Å². The number of carbonyl (C=O) groups is 2. The second-order valence-corrected chi connectivity index (χ2v) is 34.6. The van der Waals surface area contributed by atoms with Crippen LogP contribution in [0.1, 0.15) is 13.8 Å². The molecule has 0 heterocycles. The van der Waals surface area contributed by atoms with Crippen molar-refractivity contribution in [2.45, 2.75) is 84.9 Å². The van der Waals surface area contributed by atoms with E-state index in [-0.39, 0.29) is 26.0 Å². The predicted molar refractivity (Wildman–Crippen MR) is 171 cm³/mol. The smallest absolute Gasteiger partial charge is 0.318 e. The Bertz CT molecular complexity index is 909. The van der Waals surface area contributed by atoms with Crippen molar-refractivity contribution in [2.24, 2.45) is 11.8 Å². The fourth-order valence-corrected chi connectivity index (χ4v) is 27.0. The van der Waals surface area contributed by atoms with Crippen molar-refractivity contribution in [1.29, 1.82) is 0 Å². The molecule has 0 amide bonds. The van der Waals surface area contributed by atoms with Crippen LogP contribution in [0.15, 0.2) is 0 Å². The van der Waals surface area contributed by atoms with Gasteiger partial charge in [-0.05, 0) is 79.6 Å². The van der Waals surface area contributed by atoms with Crippen molar-refractivity contribution in [3.63, 3.8) is 0 Å². The molecule has 0 aliphatic rings. The van der Waals surface area contributed by atoms with E-state index >= 15 is 0 Å². The van der Waals surface area contributed by atoms with E-state index in [0.717, 1.165) is 9.50 Å². The first-order valence-corrected chi connectivity index (χ1v) is 30.8. The second-order valence-electron chi connectivity index (χ2n) is 11.9. The van der Waals surface area contributed by atoms with Crippen molar-refractivity contribution < 1.29 is 45.2 Å². The van der Waals surface area contributed by atoms with Crippen molar-refractivity contribution in [1.82, 2.24) is 0 Å². The zero-order valence-electron chi connectivity index (χ0n) is 25.4. The van der Waals surface area contributed by atoms with Gasteiger partial charge in [0.1, 0.15) is 13.2 Å². The van der Waals surface area contributed by atoms with Gasteiger partial charge in [-0.1, -0.05) is 13.8 Å². The van der Waals surface area contributed by atoms with Crippen LogP contribution in [0.4, 0.5) is 0 Å². The Labute approximate surface area is 249 Å². The molecular formula is C21H49O10PS2Si5. The molecule has 0 rings (SSSR count). The standard InChI is InChI=1S/C21H49O10PS2Si5/c1-18(21(24)27-14-15-32(25)34-33)16-38(10,29-35(3)28-36(4,5)6)31-39(11,30-37(7,8)9)17-19(2)20(23)26-13-12-22/h18-19,22,35H,12-17H2,1-11H3. The molecule has 0 fully saturated rings. The Balaban J connectivity index is 6.09. The van der Waals surface area contributed by atoms with Gasteiger partial charge in [0.2, 0.25) is 0 Å². The van der Waals surface area contributed by atoms with Crippen LogP contribution in [0, 0.1) is 11.8 Å². The average Bonchev–Trinajstić information content (AvgIpc) is 2.73. The molecule has 10 nitrogen and oxygen atoms in total. The van der Waals surface area contributed by atoms with Gasteiger partial charge < -0.3 is 31.0 Å². The van der Waals surface area contributed by atoms with E-state index in [0.29, 0.717) is 12.1 Å². The first-order chi connectivity index (χ1) is 17.6. The van der Waals surface area contributed by atoms with Crippen LogP contribution in [0.25, 0.3) is 0 Å². The van der Waals surface area contributed by atoms with Gasteiger partial charge in [0.25, 0.3) is 9.28 Å². The minimum atomic E-state index is -3.12. The molecule has 0 aromatic heterocycles. The molecule has 0 saturated carbocycles. The molecule has 0 bridgehead atoms. The maximum absolute atomic E-state index is 12.8. The zero-order chi connectivity index (χ0) is 30.7. The Kier molecular flexibility index (Phi) is 17.6. The van der Waals surface area contributed by atoms with E-state index in [1.165, 1.54) is 0 Å². The van der Waals surface area contributed by atoms with Gasteiger partial charge in [0, 0.05) is 12.1 Å². The molecule has 0 radical (unpaired) electrons. The summed E-state index contributed by atoms with van der Waals surface area (Å²) in [7, 11) is -11.5. The van der Waals surface area contributed by atoms with Gasteiger partial charge in [-0.2, -0.15) is 0 Å². The first-order valence-electron chi connectivity index (χ1n) is 13.1. The Hall–Kier alpha value is 0.364. The summed E-state index contributed by atoms with van der Waals surface area (Å²) in [4.78, 5) is 25.4. The molecule has 0 aromatic rings. The number of hydrogen-bond donors (Lipinski definition) is 1. The predicted octanol–water partition coefficient (Wildman–Crippen LogP) is 4.35. The summed E-state index contributed by atoms with van der Waals surface area (Å²) in [5, 5.41) is 9.04. The lowest BCUT2D eigenvalue weighted by Crippen LogP contribution is -2.59. The minimum Gasteiger partial charge on any atom is -0.465 e. The second kappa shape index (κ2) is 17.5. The maximum atomic E-state index is 12.8. The number of carbonyl (C=O) groups excluding carboxylic acids is 2.